The minimum Gasteiger partial charge on any atom is -0.482 e. The molecule has 21 heavy (non-hydrogen) atoms. The first-order valence-corrected chi connectivity index (χ1v) is 7.05. The SMILES string of the molecule is CNC(=O)Nc1nc(-c2ccc3c(c2)NC(=O)CO3)cs1. The van der Waals surface area contributed by atoms with Gasteiger partial charge in [0.15, 0.2) is 11.7 Å². The van der Waals surface area contributed by atoms with Crippen LogP contribution in [0.5, 0.6) is 5.75 Å². The Bertz CT molecular complexity index is 713. The maximum absolute atomic E-state index is 11.3. The van der Waals surface area contributed by atoms with E-state index >= 15 is 0 Å². The summed E-state index contributed by atoms with van der Waals surface area (Å²) >= 11 is 1.32. The highest BCUT2D eigenvalue weighted by molar-refractivity contribution is 7.14. The number of fused-ring (bicyclic) bond motifs is 1. The number of rotatable bonds is 2. The van der Waals surface area contributed by atoms with Gasteiger partial charge in [-0.15, -0.1) is 11.3 Å². The van der Waals surface area contributed by atoms with Crippen LogP contribution in [0.15, 0.2) is 23.6 Å². The van der Waals surface area contributed by atoms with Crippen LogP contribution in [0.25, 0.3) is 11.3 Å². The van der Waals surface area contributed by atoms with Gasteiger partial charge in [0.1, 0.15) is 5.75 Å². The summed E-state index contributed by atoms with van der Waals surface area (Å²) in [5.41, 5.74) is 2.17. The van der Waals surface area contributed by atoms with E-state index in [4.69, 9.17) is 4.74 Å². The fourth-order valence-electron chi connectivity index (χ4n) is 1.87. The zero-order valence-corrected chi connectivity index (χ0v) is 11.9. The van der Waals surface area contributed by atoms with Crippen LogP contribution in [0.2, 0.25) is 0 Å². The highest BCUT2D eigenvalue weighted by Crippen LogP contribution is 2.33. The van der Waals surface area contributed by atoms with Gasteiger partial charge in [-0.1, -0.05) is 0 Å². The molecule has 0 saturated carbocycles. The number of aromatic nitrogens is 1. The molecular weight excluding hydrogens is 292 g/mol. The molecule has 2 aromatic rings. The standard InChI is InChI=1S/C13H12N4O3S/c1-14-12(19)17-13-16-9(6-21-13)7-2-3-10-8(4-7)15-11(18)5-20-10/h2-4,6H,5H2,1H3,(H,15,18)(H2,14,16,17,19). The van der Waals surface area contributed by atoms with E-state index in [0.29, 0.717) is 22.3 Å². The van der Waals surface area contributed by atoms with Crippen molar-refractivity contribution in [1.29, 1.82) is 0 Å². The molecule has 3 amide bonds. The van der Waals surface area contributed by atoms with Crippen molar-refractivity contribution in [2.75, 3.05) is 24.3 Å². The van der Waals surface area contributed by atoms with Crippen LogP contribution in [0, 0.1) is 0 Å². The van der Waals surface area contributed by atoms with E-state index in [0.717, 1.165) is 5.56 Å². The Morgan fingerprint density at radius 2 is 2.33 bits per heavy atom. The first kappa shape index (κ1) is 13.4. The zero-order chi connectivity index (χ0) is 14.8. The van der Waals surface area contributed by atoms with E-state index < -0.39 is 0 Å². The molecule has 7 nitrogen and oxygen atoms in total. The lowest BCUT2D eigenvalue weighted by Gasteiger charge is -2.18. The zero-order valence-electron chi connectivity index (χ0n) is 11.1. The molecule has 0 unspecified atom stereocenters. The lowest BCUT2D eigenvalue weighted by Crippen LogP contribution is -2.25. The van der Waals surface area contributed by atoms with E-state index in [9.17, 15) is 9.59 Å². The van der Waals surface area contributed by atoms with Crippen LogP contribution >= 0.6 is 11.3 Å². The molecule has 8 heteroatoms. The molecule has 0 atom stereocenters. The number of benzene rings is 1. The van der Waals surface area contributed by atoms with Gasteiger partial charge in [-0.2, -0.15) is 0 Å². The number of hydrogen-bond donors (Lipinski definition) is 3. The number of carbonyl (C=O) groups is 2. The van der Waals surface area contributed by atoms with Gasteiger partial charge in [0.25, 0.3) is 5.91 Å². The van der Waals surface area contributed by atoms with Crippen molar-refractivity contribution in [2.24, 2.45) is 0 Å². The number of nitrogens with zero attached hydrogens (tertiary/aromatic N) is 1. The second-order valence-corrected chi connectivity index (χ2v) is 5.15. The summed E-state index contributed by atoms with van der Waals surface area (Å²) in [6.07, 6.45) is 0. The van der Waals surface area contributed by atoms with E-state index in [1.165, 1.54) is 18.4 Å². The fourth-order valence-corrected chi connectivity index (χ4v) is 2.58. The molecule has 0 saturated heterocycles. The highest BCUT2D eigenvalue weighted by Gasteiger charge is 2.17. The van der Waals surface area contributed by atoms with Crippen molar-refractivity contribution in [1.82, 2.24) is 10.3 Å². The Balaban J connectivity index is 1.85. The molecule has 0 spiro atoms. The summed E-state index contributed by atoms with van der Waals surface area (Å²) in [5, 5.41) is 10.2. The van der Waals surface area contributed by atoms with Gasteiger partial charge in [-0.05, 0) is 18.2 Å². The van der Waals surface area contributed by atoms with Crippen molar-refractivity contribution in [3.63, 3.8) is 0 Å². The van der Waals surface area contributed by atoms with Crippen LogP contribution < -0.4 is 20.7 Å². The summed E-state index contributed by atoms with van der Waals surface area (Å²) in [7, 11) is 1.54. The molecule has 0 radical (unpaired) electrons. The molecule has 1 aliphatic heterocycles. The van der Waals surface area contributed by atoms with Crippen LogP contribution in [-0.2, 0) is 4.79 Å². The largest absolute Gasteiger partial charge is 0.482 e. The normalized spacial score (nSPS) is 12.9. The van der Waals surface area contributed by atoms with Gasteiger partial charge in [-0.3, -0.25) is 10.1 Å². The molecule has 0 bridgehead atoms. The molecule has 1 aliphatic rings. The number of hydrogen-bond acceptors (Lipinski definition) is 5. The maximum atomic E-state index is 11.3. The first-order valence-electron chi connectivity index (χ1n) is 6.17. The van der Waals surface area contributed by atoms with Gasteiger partial charge in [-0.25, -0.2) is 9.78 Å². The summed E-state index contributed by atoms with van der Waals surface area (Å²) < 4.78 is 5.30. The lowest BCUT2D eigenvalue weighted by atomic mass is 10.1. The smallest absolute Gasteiger partial charge is 0.320 e. The topological polar surface area (TPSA) is 92.4 Å². The average Bonchev–Trinajstić information content (AvgIpc) is 2.94. The quantitative estimate of drug-likeness (QED) is 0.790. The number of thiazole rings is 1. The van der Waals surface area contributed by atoms with E-state index in [1.807, 2.05) is 11.4 Å². The predicted octanol–water partition coefficient (Wildman–Crippen LogP) is 1.89. The van der Waals surface area contributed by atoms with E-state index in [2.05, 4.69) is 20.9 Å². The lowest BCUT2D eigenvalue weighted by molar-refractivity contribution is -0.118. The van der Waals surface area contributed by atoms with Crippen LogP contribution in [0.1, 0.15) is 0 Å². The second kappa shape index (κ2) is 5.41. The number of nitrogens with one attached hydrogen (secondary N) is 3. The summed E-state index contributed by atoms with van der Waals surface area (Å²) in [6.45, 7) is 0.0310. The Hall–Kier alpha value is -2.61. The Morgan fingerprint density at radius 3 is 3.14 bits per heavy atom. The minimum atomic E-state index is -0.318. The number of ether oxygens (including phenoxy) is 1. The molecule has 1 aromatic carbocycles. The summed E-state index contributed by atoms with van der Waals surface area (Å²) in [4.78, 5) is 26.9. The number of anilines is 2. The number of urea groups is 1. The molecule has 3 N–H and O–H groups in total. The maximum Gasteiger partial charge on any atom is 0.320 e. The van der Waals surface area contributed by atoms with Gasteiger partial charge in [0, 0.05) is 18.0 Å². The molecule has 2 heterocycles. The molecule has 1 aromatic heterocycles. The van der Waals surface area contributed by atoms with Gasteiger partial charge in [0.05, 0.1) is 11.4 Å². The molecular formula is C13H12N4O3S. The predicted molar refractivity (Wildman–Crippen MR) is 79.8 cm³/mol. The Kier molecular flexibility index (Phi) is 3.44. The van der Waals surface area contributed by atoms with Crippen molar-refractivity contribution in [3.05, 3.63) is 23.6 Å². The summed E-state index contributed by atoms with van der Waals surface area (Å²) in [5.74, 6) is 0.456. The summed E-state index contributed by atoms with van der Waals surface area (Å²) in [6, 6.07) is 5.12. The number of carbonyl (C=O) groups excluding carboxylic acids is 2. The van der Waals surface area contributed by atoms with Crippen LogP contribution in [-0.4, -0.2) is 30.6 Å². The average molecular weight is 304 g/mol. The first-order chi connectivity index (χ1) is 10.2. The van der Waals surface area contributed by atoms with Gasteiger partial charge >= 0.3 is 6.03 Å². The second-order valence-electron chi connectivity index (χ2n) is 4.29. The van der Waals surface area contributed by atoms with E-state index in [1.54, 1.807) is 12.1 Å². The molecule has 3 rings (SSSR count). The van der Waals surface area contributed by atoms with Gasteiger partial charge in [0.2, 0.25) is 0 Å². The monoisotopic (exact) mass is 304 g/mol. The van der Waals surface area contributed by atoms with Crippen LogP contribution in [0.4, 0.5) is 15.6 Å². The molecule has 108 valence electrons. The highest BCUT2D eigenvalue weighted by atomic mass is 32.1. The van der Waals surface area contributed by atoms with E-state index in [-0.39, 0.29) is 18.5 Å². The van der Waals surface area contributed by atoms with Crippen molar-refractivity contribution in [2.45, 2.75) is 0 Å². The van der Waals surface area contributed by atoms with Crippen LogP contribution in [0.3, 0.4) is 0 Å². The van der Waals surface area contributed by atoms with Crippen molar-refractivity contribution >= 4 is 34.1 Å². The third-order valence-corrected chi connectivity index (χ3v) is 3.62. The minimum absolute atomic E-state index is 0.0310. The van der Waals surface area contributed by atoms with Crippen molar-refractivity contribution < 1.29 is 14.3 Å². The molecule has 0 aliphatic carbocycles. The Morgan fingerprint density at radius 1 is 1.48 bits per heavy atom. The van der Waals surface area contributed by atoms with Gasteiger partial charge < -0.3 is 15.4 Å². The fraction of sp³-hybridized carbons (Fsp3) is 0.154. The number of amides is 3. The third kappa shape index (κ3) is 2.79. The van der Waals surface area contributed by atoms with Crippen molar-refractivity contribution in [3.8, 4) is 17.0 Å². The Labute approximate surface area is 124 Å². The third-order valence-electron chi connectivity index (χ3n) is 2.86. The molecule has 0 fully saturated rings.